The fourth-order valence-electron chi connectivity index (χ4n) is 4.23. The minimum absolute atomic E-state index is 0.107. The van der Waals surface area contributed by atoms with Gasteiger partial charge in [-0.15, -0.1) is 0 Å². The summed E-state index contributed by atoms with van der Waals surface area (Å²) in [6, 6.07) is 10.2. The Morgan fingerprint density at radius 2 is 1.74 bits per heavy atom. The van der Waals surface area contributed by atoms with E-state index in [4.69, 9.17) is 9.15 Å². The number of ether oxygens (including phenoxy) is 1. The summed E-state index contributed by atoms with van der Waals surface area (Å²) in [4.78, 5) is 12.5. The monoisotopic (exact) mass is 367 g/mol. The van der Waals surface area contributed by atoms with Crippen molar-refractivity contribution in [1.82, 2.24) is 5.32 Å². The first kappa shape index (κ1) is 18.1. The Balaban J connectivity index is 1.30. The van der Waals surface area contributed by atoms with E-state index in [-0.39, 0.29) is 11.9 Å². The largest absolute Gasteiger partial charge is 0.486 e. The van der Waals surface area contributed by atoms with Crippen molar-refractivity contribution in [2.45, 2.75) is 76.9 Å². The van der Waals surface area contributed by atoms with Crippen LogP contribution in [0.3, 0.4) is 0 Å². The molecule has 1 heterocycles. The first-order chi connectivity index (χ1) is 13.3. The van der Waals surface area contributed by atoms with E-state index in [0.29, 0.717) is 18.1 Å². The first-order valence-electron chi connectivity index (χ1n) is 10.4. The van der Waals surface area contributed by atoms with E-state index in [9.17, 15) is 4.79 Å². The van der Waals surface area contributed by atoms with Crippen molar-refractivity contribution in [2.24, 2.45) is 0 Å². The number of aryl methyl sites for hydroxylation is 2. The number of nitrogens with one attached hydrogen (secondary N) is 1. The van der Waals surface area contributed by atoms with Crippen molar-refractivity contribution >= 4 is 5.91 Å². The van der Waals surface area contributed by atoms with Crippen LogP contribution in [-0.4, -0.2) is 11.9 Å². The average molecular weight is 367 g/mol. The summed E-state index contributed by atoms with van der Waals surface area (Å²) in [6.45, 7) is 0.343. The number of hydrogen-bond acceptors (Lipinski definition) is 3. The number of fused-ring (bicyclic) bond motifs is 1. The lowest BCUT2D eigenvalue weighted by molar-refractivity contribution is 0.0898. The smallest absolute Gasteiger partial charge is 0.287 e. The van der Waals surface area contributed by atoms with Crippen molar-refractivity contribution in [3.63, 3.8) is 0 Å². The highest BCUT2D eigenvalue weighted by atomic mass is 16.5. The van der Waals surface area contributed by atoms with Crippen LogP contribution in [0.5, 0.6) is 5.75 Å². The van der Waals surface area contributed by atoms with Gasteiger partial charge in [0.1, 0.15) is 18.1 Å². The minimum atomic E-state index is -0.107. The molecule has 0 atom stereocenters. The Kier molecular flexibility index (Phi) is 5.81. The molecule has 1 N–H and O–H groups in total. The van der Waals surface area contributed by atoms with Crippen molar-refractivity contribution < 1.29 is 13.9 Å². The third-order valence-corrected chi connectivity index (χ3v) is 5.78. The van der Waals surface area contributed by atoms with Crippen molar-refractivity contribution in [2.75, 3.05) is 0 Å². The summed E-state index contributed by atoms with van der Waals surface area (Å²) in [5.41, 5.74) is 2.83. The molecule has 0 aliphatic heterocycles. The summed E-state index contributed by atoms with van der Waals surface area (Å²) >= 11 is 0. The molecule has 2 aliphatic carbocycles. The Bertz CT molecular complexity index is 772. The molecule has 1 amide bonds. The van der Waals surface area contributed by atoms with Crippen molar-refractivity contribution in [1.29, 1.82) is 0 Å². The zero-order chi connectivity index (χ0) is 18.5. The molecule has 1 aromatic carbocycles. The zero-order valence-corrected chi connectivity index (χ0v) is 16.0. The second kappa shape index (κ2) is 8.64. The van der Waals surface area contributed by atoms with Gasteiger partial charge in [0.25, 0.3) is 5.91 Å². The molecule has 2 aromatic rings. The normalized spacial score (nSPS) is 17.8. The molecule has 2 aliphatic rings. The first-order valence-corrected chi connectivity index (χ1v) is 10.4. The Labute approximate surface area is 161 Å². The van der Waals surface area contributed by atoms with Gasteiger partial charge in [0.15, 0.2) is 5.76 Å². The number of benzene rings is 1. The molecule has 4 heteroatoms. The molecule has 1 fully saturated rings. The number of carbonyl (C=O) groups is 1. The maximum Gasteiger partial charge on any atom is 0.287 e. The van der Waals surface area contributed by atoms with Gasteiger partial charge in [0.2, 0.25) is 0 Å². The predicted octanol–water partition coefficient (Wildman–Crippen LogP) is 5.19. The number of hydrogen-bond donors (Lipinski definition) is 1. The highest BCUT2D eigenvalue weighted by Gasteiger charge is 2.18. The van der Waals surface area contributed by atoms with Gasteiger partial charge in [-0.25, -0.2) is 0 Å². The lowest BCUT2D eigenvalue weighted by Crippen LogP contribution is -2.35. The lowest BCUT2D eigenvalue weighted by Gasteiger charge is -2.20. The fraction of sp³-hybridized carbons (Fsp3) is 0.522. The molecule has 144 valence electrons. The summed E-state index contributed by atoms with van der Waals surface area (Å²) < 4.78 is 11.6. The third kappa shape index (κ3) is 4.74. The van der Waals surface area contributed by atoms with E-state index in [1.165, 1.54) is 56.1 Å². The molecule has 4 rings (SSSR count). The van der Waals surface area contributed by atoms with Gasteiger partial charge in [0, 0.05) is 6.04 Å². The summed E-state index contributed by atoms with van der Waals surface area (Å²) in [6.07, 6.45) is 12.0. The average Bonchev–Trinajstić information content (AvgIpc) is 3.30. The Hall–Kier alpha value is -2.23. The van der Waals surface area contributed by atoms with E-state index >= 15 is 0 Å². The molecule has 0 radical (unpaired) electrons. The van der Waals surface area contributed by atoms with Crippen LogP contribution in [0.2, 0.25) is 0 Å². The van der Waals surface area contributed by atoms with E-state index in [1.54, 1.807) is 6.07 Å². The van der Waals surface area contributed by atoms with Crippen molar-refractivity contribution in [3.8, 4) is 5.75 Å². The predicted molar refractivity (Wildman–Crippen MR) is 105 cm³/mol. The number of carbonyl (C=O) groups excluding carboxylic acids is 1. The number of rotatable bonds is 5. The van der Waals surface area contributed by atoms with Gasteiger partial charge >= 0.3 is 0 Å². The standard InChI is InChI=1S/C23H29NO3/c25-23(24-19-9-4-2-1-3-5-10-19)22-14-13-21(27-22)16-26-20-12-11-17-7-6-8-18(17)15-20/h11-15,19H,1-10,16H2,(H,24,25). The van der Waals surface area contributed by atoms with Crippen LogP contribution in [0.4, 0.5) is 0 Å². The highest BCUT2D eigenvalue weighted by molar-refractivity contribution is 5.91. The quantitative estimate of drug-likeness (QED) is 0.791. The topological polar surface area (TPSA) is 51.5 Å². The van der Waals surface area contributed by atoms with Crippen LogP contribution in [0.15, 0.2) is 34.7 Å². The zero-order valence-electron chi connectivity index (χ0n) is 16.0. The molecule has 0 unspecified atom stereocenters. The maximum atomic E-state index is 12.5. The molecule has 1 saturated carbocycles. The number of amides is 1. The van der Waals surface area contributed by atoms with Gasteiger partial charge in [-0.05, 0) is 67.5 Å². The molecular weight excluding hydrogens is 338 g/mol. The minimum Gasteiger partial charge on any atom is -0.486 e. The SMILES string of the molecule is O=C(NC1CCCCCCC1)c1ccc(COc2ccc3c(c2)CCC3)o1. The summed E-state index contributed by atoms with van der Waals surface area (Å²) in [7, 11) is 0. The summed E-state index contributed by atoms with van der Waals surface area (Å²) in [5, 5.41) is 3.14. The van der Waals surface area contributed by atoms with Gasteiger partial charge in [-0.3, -0.25) is 4.79 Å². The third-order valence-electron chi connectivity index (χ3n) is 5.78. The van der Waals surface area contributed by atoms with Crippen LogP contribution in [0, 0.1) is 0 Å². The van der Waals surface area contributed by atoms with Gasteiger partial charge in [0.05, 0.1) is 0 Å². The van der Waals surface area contributed by atoms with Crippen LogP contribution in [-0.2, 0) is 19.4 Å². The lowest BCUT2D eigenvalue weighted by atomic mass is 9.97. The molecule has 0 spiro atoms. The van der Waals surface area contributed by atoms with Gasteiger partial charge in [-0.1, -0.05) is 38.2 Å². The molecule has 27 heavy (non-hydrogen) atoms. The van der Waals surface area contributed by atoms with Crippen LogP contribution >= 0.6 is 0 Å². The molecule has 4 nitrogen and oxygen atoms in total. The van der Waals surface area contributed by atoms with Crippen LogP contribution in [0.25, 0.3) is 0 Å². The van der Waals surface area contributed by atoms with Gasteiger partial charge in [-0.2, -0.15) is 0 Å². The fourth-order valence-corrected chi connectivity index (χ4v) is 4.23. The summed E-state index contributed by atoms with van der Waals surface area (Å²) in [5.74, 6) is 1.82. The van der Waals surface area contributed by atoms with Gasteiger partial charge < -0.3 is 14.5 Å². The van der Waals surface area contributed by atoms with Crippen molar-refractivity contribution in [3.05, 3.63) is 53.0 Å². The van der Waals surface area contributed by atoms with E-state index in [1.807, 2.05) is 12.1 Å². The second-order valence-electron chi connectivity index (χ2n) is 7.85. The highest BCUT2D eigenvalue weighted by Crippen LogP contribution is 2.26. The molecule has 0 saturated heterocycles. The molecular formula is C23H29NO3. The number of furan rings is 1. The second-order valence-corrected chi connectivity index (χ2v) is 7.85. The molecule has 0 bridgehead atoms. The van der Waals surface area contributed by atoms with E-state index in [2.05, 4.69) is 17.4 Å². The van der Waals surface area contributed by atoms with Crippen LogP contribution < -0.4 is 10.1 Å². The molecule has 1 aromatic heterocycles. The van der Waals surface area contributed by atoms with E-state index < -0.39 is 0 Å². The Morgan fingerprint density at radius 3 is 2.59 bits per heavy atom. The maximum absolute atomic E-state index is 12.5. The van der Waals surface area contributed by atoms with E-state index in [0.717, 1.165) is 25.0 Å². The van der Waals surface area contributed by atoms with Crippen LogP contribution in [0.1, 0.15) is 78.8 Å². The Morgan fingerprint density at radius 1 is 0.963 bits per heavy atom.